The Morgan fingerprint density at radius 2 is 1.68 bits per heavy atom. The molecule has 0 fully saturated rings. The SMILES string of the molecule is Cc1cccc(Nc2nc(-c3cc(C)c(C)cc3C)cs2)c1. The first-order chi connectivity index (χ1) is 10.5. The fraction of sp³-hybridized carbons (Fsp3) is 0.211. The van der Waals surface area contributed by atoms with Gasteiger partial charge >= 0.3 is 0 Å². The molecule has 2 nitrogen and oxygen atoms in total. The van der Waals surface area contributed by atoms with Crippen LogP contribution in [0, 0.1) is 27.7 Å². The Morgan fingerprint density at radius 1 is 0.909 bits per heavy atom. The summed E-state index contributed by atoms with van der Waals surface area (Å²) in [6.07, 6.45) is 0. The molecule has 1 heterocycles. The molecule has 3 heteroatoms. The fourth-order valence-corrected chi connectivity index (χ4v) is 3.27. The van der Waals surface area contributed by atoms with Crippen molar-refractivity contribution >= 4 is 22.2 Å². The summed E-state index contributed by atoms with van der Waals surface area (Å²) in [6, 6.07) is 12.8. The number of thiazole rings is 1. The monoisotopic (exact) mass is 308 g/mol. The number of aromatic nitrogens is 1. The standard InChI is InChI=1S/C19H20N2S/c1-12-6-5-7-16(8-12)20-19-21-18(11-22-19)17-10-14(3)13(2)9-15(17)4/h5-11H,1-4H3,(H,20,21). The molecule has 1 aromatic heterocycles. The summed E-state index contributed by atoms with van der Waals surface area (Å²) in [5, 5.41) is 6.44. The zero-order valence-corrected chi connectivity index (χ0v) is 14.2. The molecule has 0 aliphatic heterocycles. The highest BCUT2D eigenvalue weighted by Crippen LogP contribution is 2.30. The van der Waals surface area contributed by atoms with Crippen LogP contribution in [-0.2, 0) is 0 Å². The lowest BCUT2D eigenvalue weighted by molar-refractivity contribution is 1.28. The van der Waals surface area contributed by atoms with Crippen LogP contribution in [0.4, 0.5) is 10.8 Å². The summed E-state index contributed by atoms with van der Waals surface area (Å²) >= 11 is 1.64. The van der Waals surface area contributed by atoms with Crippen LogP contribution in [0.1, 0.15) is 22.3 Å². The van der Waals surface area contributed by atoms with Crippen molar-refractivity contribution in [1.82, 2.24) is 4.98 Å². The van der Waals surface area contributed by atoms with Gasteiger partial charge in [0.1, 0.15) is 0 Å². The van der Waals surface area contributed by atoms with Gasteiger partial charge in [-0.05, 0) is 68.1 Å². The predicted octanol–water partition coefficient (Wildman–Crippen LogP) is 5.79. The van der Waals surface area contributed by atoms with E-state index in [0.29, 0.717) is 0 Å². The largest absolute Gasteiger partial charge is 0.332 e. The molecular formula is C19H20N2S. The topological polar surface area (TPSA) is 24.9 Å². The van der Waals surface area contributed by atoms with Crippen molar-refractivity contribution in [3.63, 3.8) is 0 Å². The van der Waals surface area contributed by atoms with Gasteiger partial charge in [0.05, 0.1) is 5.69 Å². The van der Waals surface area contributed by atoms with E-state index in [1.165, 1.54) is 27.8 Å². The van der Waals surface area contributed by atoms with E-state index < -0.39 is 0 Å². The molecule has 0 saturated carbocycles. The van der Waals surface area contributed by atoms with Crippen molar-refractivity contribution in [2.24, 2.45) is 0 Å². The van der Waals surface area contributed by atoms with Gasteiger partial charge in [0, 0.05) is 16.6 Å². The van der Waals surface area contributed by atoms with E-state index in [9.17, 15) is 0 Å². The summed E-state index contributed by atoms with van der Waals surface area (Å²) in [4.78, 5) is 4.74. The van der Waals surface area contributed by atoms with Gasteiger partial charge in [-0.2, -0.15) is 0 Å². The van der Waals surface area contributed by atoms with Gasteiger partial charge in [0.25, 0.3) is 0 Å². The average Bonchev–Trinajstić information content (AvgIpc) is 2.91. The molecule has 3 rings (SSSR count). The zero-order chi connectivity index (χ0) is 15.7. The number of hydrogen-bond acceptors (Lipinski definition) is 3. The lowest BCUT2D eigenvalue weighted by atomic mass is 9.99. The maximum Gasteiger partial charge on any atom is 0.187 e. The van der Waals surface area contributed by atoms with Crippen molar-refractivity contribution in [3.05, 3.63) is 64.0 Å². The van der Waals surface area contributed by atoms with Crippen molar-refractivity contribution < 1.29 is 0 Å². The second kappa shape index (κ2) is 5.93. The zero-order valence-electron chi connectivity index (χ0n) is 13.4. The summed E-state index contributed by atoms with van der Waals surface area (Å²) in [5.41, 5.74) is 8.49. The van der Waals surface area contributed by atoms with E-state index >= 15 is 0 Å². The van der Waals surface area contributed by atoms with Crippen LogP contribution in [-0.4, -0.2) is 4.98 Å². The highest BCUT2D eigenvalue weighted by molar-refractivity contribution is 7.14. The third-order valence-corrected chi connectivity index (χ3v) is 4.65. The maximum absolute atomic E-state index is 4.74. The minimum Gasteiger partial charge on any atom is -0.332 e. The second-order valence-electron chi connectivity index (χ2n) is 5.78. The molecule has 0 amide bonds. The van der Waals surface area contributed by atoms with Gasteiger partial charge in [-0.1, -0.05) is 18.2 Å². The molecule has 3 aromatic rings. The average molecular weight is 308 g/mol. The molecule has 0 saturated heterocycles. The molecule has 0 spiro atoms. The fourth-order valence-electron chi connectivity index (χ4n) is 2.54. The Balaban J connectivity index is 1.89. The van der Waals surface area contributed by atoms with Crippen molar-refractivity contribution in [2.45, 2.75) is 27.7 Å². The summed E-state index contributed by atoms with van der Waals surface area (Å²) in [6.45, 7) is 8.54. The van der Waals surface area contributed by atoms with Crippen LogP contribution in [0.25, 0.3) is 11.3 Å². The molecule has 112 valence electrons. The Bertz CT molecular complexity index is 818. The first-order valence-electron chi connectivity index (χ1n) is 7.40. The Hall–Kier alpha value is -2.13. The van der Waals surface area contributed by atoms with Gasteiger partial charge < -0.3 is 5.32 Å². The summed E-state index contributed by atoms with van der Waals surface area (Å²) < 4.78 is 0. The molecular weight excluding hydrogens is 288 g/mol. The maximum atomic E-state index is 4.74. The molecule has 2 aromatic carbocycles. The van der Waals surface area contributed by atoms with E-state index in [0.717, 1.165) is 16.5 Å². The molecule has 0 radical (unpaired) electrons. The third-order valence-electron chi connectivity index (χ3n) is 3.89. The van der Waals surface area contributed by atoms with Crippen LogP contribution >= 0.6 is 11.3 Å². The Morgan fingerprint density at radius 3 is 2.45 bits per heavy atom. The van der Waals surface area contributed by atoms with E-state index in [1.807, 2.05) is 0 Å². The lowest BCUT2D eigenvalue weighted by Crippen LogP contribution is -1.91. The van der Waals surface area contributed by atoms with Gasteiger partial charge in [0.2, 0.25) is 0 Å². The smallest absolute Gasteiger partial charge is 0.187 e. The van der Waals surface area contributed by atoms with Gasteiger partial charge in [-0.3, -0.25) is 0 Å². The Labute approximate surface area is 135 Å². The highest BCUT2D eigenvalue weighted by atomic mass is 32.1. The van der Waals surface area contributed by atoms with Crippen molar-refractivity contribution in [2.75, 3.05) is 5.32 Å². The minimum atomic E-state index is 0.929. The van der Waals surface area contributed by atoms with E-state index in [2.05, 4.69) is 74.8 Å². The van der Waals surface area contributed by atoms with E-state index in [-0.39, 0.29) is 0 Å². The van der Waals surface area contributed by atoms with Crippen molar-refractivity contribution in [3.8, 4) is 11.3 Å². The number of anilines is 2. The van der Waals surface area contributed by atoms with E-state index in [1.54, 1.807) is 11.3 Å². The summed E-state index contributed by atoms with van der Waals surface area (Å²) in [7, 11) is 0. The molecule has 1 N–H and O–H groups in total. The molecule has 0 aliphatic rings. The van der Waals surface area contributed by atoms with Crippen LogP contribution in [0.3, 0.4) is 0 Å². The summed E-state index contributed by atoms with van der Waals surface area (Å²) in [5.74, 6) is 0. The van der Waals surface area contributed by atoms with Crippen LogP contribution < -0.4 is 5.32 Å². The first-order valence-corrected chi connectivity index (χ1v) is 8.28. The van der Waals surface area contributed by atoms with Gasteiger partial charge in [-0.15, -0.1) is 11.3 Å². The number of nitrogens with one attached hydrogen (secondary N) is 1. The quantitative estimate of drug-likeness (QED) is 0.662. The lowest BCUT2D eigenvalue weighted by Gasteiger charge is -2.07. The minimum absolute atomic E-state index is 0.929. The number of aryl methyl sites for hydroxylation is 4. The molecule has 22 heavy (non-hydrogen) atoms. The molecule has 0 bridgehead atoms. The molecule has 0 atom stereocenters. The predicted molar refractivity (Wildman–Crippen MR) is 96.2 cm³/mol. The van der Waals surface area contributed by atoms with E-state index in [4.69, 9.17) is 4.98 Å². The Kier molecular flexibility index (Phi) is 3.99. The molecule has 0 aliphatic carbocycles. The normalized spacial score (nSPS) is 10.7. The number of benzene rings is 2. The molecule has 0 unspecified atom stereocenters. The highest BCUT2D eigenvalue weighted by Gasteiger charge is 2.09. The first kappa shape index (κ1) is 14.8. The van der Waals surface area contributed by atoms with Crippen molar-refractivity contribution in [1.29, 1.82) is 0 Å². The third kappa shape index (κ3) is 3.04. The second-order valence-corrected chi connectivity index (χ2v) is 6.64. The number of nitrogens with zero attached hydrogens (tertiary/aromatic N) is 1. The van der Waals surface area contributed by atoms with Crippen LogP contribution in [0.5, 0.6) is 0 Å². The number of hydrogen-bond donors (Lipinski definition) is 1. The van der Waals surface area contributed by atoms with Crippen LogP contribution in [0.2, 0.25) is 0 Å². The van der Waals surface area contributed by atoms with Gasteiger partial charge in [0.15, 0.2) is 5.13 Å². The van der Waals surface area contributed by atoms with Crippen LogP contribution in [0.15, 0.2) is 41.8 Å². The number of rotatable bonds is 3. The van der Waals surface area contributed by atoms with Gasteiger partial charge in [-0.25, -0.2) is 4.98 Å².